The van der Waals surface area contributed by atoms with Crippen molar-refractivity contribution >= 4 is 16.7 Å². The van der Waals surface area contributed by atoms with E-state index in [4.69, 9.17) is 0 Å². The van der Waals surface area contributed by atoms with Crippen LogP contribution in [0.25, 0.3) is 10.8 Å². The molecule has 0 N–H and O–H groups in total. The van der Waals surface area contributed by atoms with Crippen molar-refractivity contribution in [2.45, 2.75) is 26.3 Å². The molecule has 0 spiro atoms. The first-order chi connectivity index (χ1) is 9.41. The molecular weight excluding hydrogens is 254 g/mol. The summed E-state index contributed by atoms with van der Waals surface area (Å²) < 4.78 is 1.26. The van der Waals surface area contributed by atoms with Gasteiger partial charge in [0.05, 0.1) is 11.1 Å². The van der Waals surface area contributed by atoms with E-state index in [1.807, 2.05) is 32.0 Å². The van der Waals surface area contributed by atoms with Crippen molar-refractivity contribution in [3.63, 3.8) is 0 Å². The van der Waals surface area contributed by atoms with Gasteiger partial charge in [0.2, 0.25) is 5.91 Å². The van der Waals surface area contributed by atoms with E-state index in [9.17, 15) is 9.59 Å². The maximum absolute atomic E-state index is 12.4. The third-order valence-electron chi connectivity index (χ3n) is 3.23. The van der Waals surface area contributed by atoms with Crippen molar-refractivity contribution in [3.8, 4) is 0 Å². The predicted molar refractivity (Wildman–Crippen MR) is 78.8 cm³/mol. The summed E-state index contributed by atoms with van der Waals surface area (Å²) in [5, 5.41) is 5.85. The van der Waals surface area contributed by atoms with Crippen molar-refractivity contribution in [1.82, 2.24) is 14.7 Å². The second-order valence-electron chi connectivity index (χ2n) is 5.34. The van der Waals surface area contributed by atoms with Crippen LogP contribution in [0.15, 0.2) is 29.1 Å². The molecule has 1 aromatic heterocycles. The molecule has 20 heavy (non-hydrogen) atoms. The Balaban J connectivity index is 2.65. The van der Waals surface area contributed by atoms with E-state index in [1.54, 1.807) is 20.2 Å². The fourth-order valence-corrected chi connectivity index (χ4v) is 2.06. The third kappa shape index (κ3) is 2.57. The van der Waals surface area contributed by atoms with Gasteiger partial charge in [0.15, 0.2) is 0 Å². The van der Waals surface area contributed by atoms with Crippen molar-refractivity contribution in [3.05, 3.63) is 40.3 Å². The Bertz CT molecular complexity index is 702. The zero-order valence-corrected chi connectivity index (χ0v) is 12.3. The smallest absolute Gasteiger partial charge is 0.275 e. The summed E-state index contributed by atoms with van der Waals surface area (Å²) >= 11 is 0. The quantitative estimate of drug-likeness (QED) is 0.853. The molecule has 0 saturated heterocycles. The average Bonchev–Trinajstić information content (AvgIpc) is 2.41. The molecule has 0 fully saturated rings. The van der Waals surface area contributed by atoms with E-state index in [0.717, 1.165) is 11.1 Å². The molecule has 1 heterocycles. The maximum Gasteiger partial charge on any atom is 0.275 e. The second kappa shape index (κ2) is 5.45. The van der Waals surface area contributed by atoms with Crippen LogP contribution in [0.5, 0.6) is 0 Å². The van der Waals surface area contributed by atoms with Gasteiger partial charge in [0, 0.05) is 19.5 Å². The van der Waals surface area contributed by atoms with Gasteiger partial charge in [-0.3, -0.25) is 9.59 Å². The topological polar surface area (TPSA) is 55.2 Å². The Labute approximate surface area is 117 Å². The van der Waals surface area contributed by atoms with Crippen LogP contribution >= 0.6 is 0 Å². The highest BCUT2D eigenvalue weighted by Gasteiger charge is 2.15. The summed E-state index contributed by atoms with van der Waals surface area (Å²) in [5.41, 5.74) is 0.618. The zero-order valence-electron chi connectivity index (χ0n) is 12.3. The molecule has 0 atom stereocenters. The summed E-state index contributed by atoms with van der Waals surface area (Å²) in [7, 11) is 3.33. The van der Waals surface area contributed by atoms with Crippen molar-refractivity contribution in [1.29, 1.82) is 0 Å². The molecule has 2 rings (SSSR count). The Morgan fingerprint density at radius 1 is 1.25 bits per heavy atom. The SMILES string of the molecule is CC(C)c1nn(CC(=O)N(C)C)c(=O)c2ccccc12. The summed E-state index contributed by atoms with van der Waals surface area (Å²) in [6.45, 7) is 4.02. The molecule has 0 aliphatic heterocycles. The van der Waals surface area contributed by atoms with Crippen molar-refractivity contribution in [2.24, 2.45) is 0 Å². The highest BCUT2D eigenvalue weighted by atomic mass is 16.2. The zero-order chi connectivity index (χ0) is 14.9. The lowest BCUT2D eigenvalue weighted by Crippen LogP contribution is -2.33. The van der Waals surface area contributed by atoms with Gasteiger partial charge in [-0.2, -0.15) is 5.10 Å². The molecule has 0 aliphatic carbocycles. The third-order valence-corrected chi connectivity index (χ3v) is 3.23. The van der Waals surface area contributed by atoms with E-state index in [2.05, 4.69) is 5.10 Å². The molecular formula is C15H19N3O2. The first-order valence-electron chi connectivity index (χ1n) is 6.61. The van der Waals surface area contributed by atoms with Crippen molar-refractivity contribution in [2.75, 3.05) is 14.1 Å². The minimum atomic E-state index is -0.222. The second-order valence-corrected chi connectivity index (χ2v) is 5.34. The Hall–Kier alpha value is -2.17. The number of benzene rings is 1. The number of amides is 1. The number of rotatable bonds is 3. The Morgan fingerprint density at radius 3 is 2.40 bits per heavy atom. The van der Waals surface area contributed by atoms with Gasteiger partial charge < -0.3 is 4.90 Å². The number of fused-ring (bicyclic) bond motifs is 1. The first-order valence-corrected chi connectivity index (χ1v) is 6.61. The number of carbonyl (C=O) groups excluding carboxylic acids is 1. The maximum atomic E-state index is 12.4. The highest BCUT2D eigenvalue weighted by Crippen LogP contribution is 2.20. The van der Waals surface area contributed by atoms with Gasteiger partial charge in [-0.05, 0) is 12.0 Å². The standard InChI is InChI=1S/C15H19N3O2/c1-10(2)14-11-7-5-6-8-12(11)15(20)18(16-14)9-13(19)17(3)4/h5-8,10H,9H2,1-4H3. The molecule has 5 nitrogen and oxygen atoms in total. The van der Waals surface area contributed by atoms with E-state index < -0.39 is 0 Å². The summed E-state index contributed by atoms with van der Waals surface area (Å²) in [6, 6.07) is 7.40. The normalized spacial score (nSPS) is 11.1. The molecule has 5 heteroatoms. The minimum Gasteiger partial charge on any atom is -0.347 e. The van der Waals surface area contributed by atoms with Crippen LogP contribution in [0, 0.1) is 0 Å². The molecule has 0 aliphatic rings. The van der Waals surface area contributed by atoms with Crippen LogP contribution in [-0.2, 0) is 11.3 Å². The average molecular weight is 273 g/mol. The van der Waals surface area contributed by atoms with Crippen LogP contribution in [0.2, 0.25) is 0 Å². The first kappa shape index (κ1) is 14.2. The molecule has 0 unspecified atom stereocenters. The van der Waals surface area contributed by atoms with Gasteiger partial charge in [0.1, 0.15) is 6.54 Å². The molecule has 0 saturated carbocycles. The lowest BCUT2D eigenvalue weighted by molar-refractivity contribution is -0.129. The van der Waals surface area contributed by atoms with Gasteiger partial charge in [-0.15, -0.1) is 0 Å². The van der Waals surface area contributed by atoms with Gasteiger partial charge in [-0.25, -0.2) is 4.68 Å². The van der Waals surface area contributed by atoms with Gasteiger partial charge in [0.25, 0.3) is 5.56 Å². The summed E-state index contributed by atoms with van der Waals surface area (Å²) in [5.74, 6) is 0.0331. The van der Waals surface area contributed by atoms with E-state index in [-0.39, 0.29) is 23.9 Å². The van der Waals surface area contributed by atoms with Gasteiger partial charge >= 0.3 is 0 Å². The van der Waals surface area contributed by atoms with Crippen molar-refractivity contribution < 1.29 is 4.79 Å². The molecule has 106 valence electrons. The monoisotopic (exact) mass is 273 g/mol. The fourth-order valence-electron chi connectivity index (χ4n) is 2.06. The molecule has 0 radical (unpaired) electrons. The molecule has 1 amide bonds. The Morgan fingerprint density at radius 2 is 1.85 bits per heavy atom. The summed E-state index contributed by atoms with van der Waals surface area (Å²) in [6.07, 6.45) is 0. The molecule has 1 aromatic carbocycles. The minimum absolute atomic E-state index is 0.0314. The Kier molecular flexibility index (Phi) is 3.88. The van der Waals surface area contributed by atoms with Crippen LogP contribution in [0.3, 0.4) is 0 Å². The summed E-state index contributed by atoms with van der Waals surface area (Å²) in [4.78, 5) is 25.7. The number of nitrogens with zero attached hydrogens (tertiary/aromatic N) is 3. The number of carbonyl (C=O) groups is 1. The lowest BCUT2D eigenvalue weighted by Gasteiger charge is -2.15. The number of hydrogen-bond donors (Lipinski definition) is 0. The fraction of sp³-hybridized carbons (Fsp3) is 0.400. The largest absolute Gasteiger partial charge is 0.347 e. The number of aromatic nitrogens is 2. The predicted octanol–water partition coefficient (Wildman–Crippen LogP) is 1.61. The van der Waals surface area contributed by atoms with Crippen LogP contribution < -0.4 is 5.56 Å². The molecule has 2 aromatic rings. The van der Waals surface area contributed by atoms with Crippen LogP contribution in [-0.4, -0.2) is 34.7 Å². The lowest BCUT2D eigenvalue weighted by atomic mass is 10.0. The van der Waals surface area contributed by atoms with Crippen LogP contribution in [0.4, 0.5) is 0 Å². The number of hydrogen-bond acceptors (Lipinski definition) is 3. The van der Waals surface area contributed by atoms with Gasteiger partial charge in [-0.1, -0.05) is 32.0 Å². The highest BCUT2D eigenvalue weighted by molar-refractivity contribution is 5.84. The molecule has 0 bridgehead atoms. The van der Waals surface area contributed by atoms with E-state index in [0.29, 0.717) is 5.39 Å². The van der Waals surface area contributed by atoms with E-state index in [1.165, 1.54) is 9.58 Å². The van der Waals surface area contributed by atoms with Crippen LogP contribution in [0.1, 0.15) is 25.5 Å². The number of likely N-dealkylation sites (N-methyl/N-ethyl adjacent to an activating group) is 1. The van der Waals surface area contributed by atoms with E-state index >= 15 is 0 Å².